The highest BCUT2D eigenvalue weighted by Gasteiger charge is 2.29. The van der Waals surface area contributed by atoms with Crippen molar-refractivity contribution in [3.05, 3.63) is 23.8 Å². The molecule has 1 aromatic carbocycles. The first-order valence-corrected chi connectivity index (χ1v) is 8.56. The van der Waals surface area contributed by atoms with E-state index in [0.717, 1.165) is 5.56 Å². The monoisotopic (exact) mass is 312 g/mol. The molecule has 7 heteroatoms. The van der Waals surface area contributed by atoms with Gasteiger partial charge < -0.3 is 15.8 Å². The van der Waals surface area contributed by atoms with Crippen LogP contribution in [0.1, 0.15) is 18.4 Å². The quantitative estimate of drug-likeness (QED) is 0.812. The number of carbonyl (C=O) groups excluding carboxylic acids is 1. The maximum atomic E-state index is 12.2. The van der Waals surface area contributed by atoms with Crippen LogP contribution in [0.15, 0.2) is 18.2 Å². The molecule has 1 fully saturated rings. The lowest BCUT2D eigenvalue weighted by atomic mass is 10.1. The molecule has 1 aliphatic rings. The van der Waals surface area contributed by atoms with E-state index in [0.29, 0.717) is 37.4 Å². The Balaban J connectivity index is 2.02. The van der Waals surface area contributed by atoms with Gasteiger partial charge in [-0.05, 0) is 37.5 Å². The van der Waals surface area contributed by atoms with Gasteiger partial charge >= 0.3 is 0 Å². The van der Waals surface area contributed by atoms with Crippen molar-refractivity contribution in [2.24, 2.45) is 0 Å². The lowest BCUT2D eigenvalue weighted by Crippen LogP contribution is -2.34. The van der Waals surface area contributed by atoms with Crippen LogP contribution >= 0.6 is 0 Å². The van der Waals surface area contributed by atoms with Gasteiger partial charge in [0.15, 0.2) is 9.84 Å². The Morgan fingerprint density at radius 1 is 1.38 bits per heavy atom. The molecular weight excluding hydrogens is 292 g/mol. The van der Waals surface area contributed by atoms with Gasteiger partial charge in [-0.3, -0.25) is 4.79 Å². The van der Waals surface area contributed by atoms with Crippen molar-refractivity contribution in [1.82, 2.24) is 0 Å². The minimum Gasteiger partial charge on any atom is -0.398 e. The number of carbonyl (C=O) groups is 1. The minimum absolute atomic E-state index is 0.430. The fraction of sp³-hybridized carbons (Fsp3) is 0.500. The number of nitrogens with one attached hydrogen (secondary N) is 1. The number of nitrogens with two attached hydrogens (primary N) is 1. The highest BCUT2D eigenvalue weighted by molar-refractivity contribution is 7.92. The first kappa shape index (κ1) is 15.8. The average molecular weight is 312 g/mol. The molecule has 0 saturated carbocycles. The molecule has 3 N–H and O–H groups in total. The van der Waals surface area contributed by atoms with Gasteiger partial charge in [-0.15, -0.1) is 0 Å². The lowest BCUT2D eigenvalue weighted by molar-refractivity contribution is -0.113. The van der Waals surface area contributed by atoms with E-state index in [2.05, 4.69) is 5.32 Å². The largest absolute Gasteiger partial charge is 0.398 e. The second-order valence-corrected chi connectivity index (χ2v) is 7.47. The van der Waals surface area contributed by atoms with Crippen LogP contribution in [0.25, 0.3) is 0 Å². The van der Waals surface area contributed by atoms with Crippen molar-refractivity contribution in [2.45, 2.75) is 25.0 Å². The van der Waals surface area contributed by atoms with Crippen molar-refractivity contribution in [1.29, 1.82) is 0 Å². The Labute approximate surface area is 124 Å². The number of nitrogen functional groups attached to an aromatic ring is 1. The van der Waals surface area contributed by atoms with Crippen molar-refractivity contribution in [2.75, 3.05) is 30.0 Å². The highest BCUT2D eigenvalue weighted by atomic mass is 32.2. The number of sulfone groups is 1. The van der Waals surface area contributed by atoms with E-state index in [1.54, 1.807) is 25.1 Å². The Hall–Kier alpha value is -1.60. The summed E-state index contributed by atoms with van der Waals surface area (Å²) in [7, 11) is -3.45. The van der Waals surface area contributed by atoms with Gasteiger partial charge in [-0.25, -0.2) is 8.42 Å². The average Bonchev–Trinajstić information content (AvgIpc) is 2.44. The number of anilines is 2. The van der Waals surface area contributed by atoms with Gasteiger partial charge in [0.1, 0.15) is 5.75 Å². The number of hydrogen-bond acceptors (Lipinski definition) is 5. The summed E-state index contributed by atoms with van der Waals surface area (Å²) in [4.78, 5) is 12.0. The minimum atomic E-state index is -3.45. The van der Waals surface area contributed by atoms with Crippen LogP contribution in [0.5, 0.6) is 0 Å². The van der Waals surface area contributed by atoms with Gasteiger partial charge in [0.2, 0.25) is 5.91 Å². The van der Waals surface area contributed by atoms with Crippen LogP contribution in [0, 0.1) is 6.92 Å². The Bertz CT molecular complexity index is 622. The summed E-state index contributed by atoms with van der Waals surface area (Å²) >= 11 is 0. The molecule has 1 amide bonds. The molecule has 2 rings (SSSR count). The van der Waals surface area contributed by atoms with Crippen molar-refractivity contribution in [3.63, 3.8) is 0 Å². The zero-order chi connectivity index (χ0) is 15.5. The van der Waals surface area contributed by atoms with Gasteiger partial charge in [0.05, 0.1) is 5.25 Å². The molecule has 116 valence electrons. The molecule has 0 radical (unpaired) electrons. The summed E-state index contributed by atoms with van der Waals surface area (Å²) in [5.41, 5.74) is 7.59. The topological polar surface area (TPSA) is 98.5 Å². The maximum Gasteiger partial charge on any atom is 0.239 e. The third kappa shape index (κ3) is 3.95. The van der Waals surface area contributed by atoms with E-state index in [1.165, 1.54) is 0 Å². The Morgan fingerprint density at radius 2 is 2.05 bits per heavy atom. The number of ether oxygens (including phenoxy) is 1. The summed E-state index contributed by atoms with van der Waals surface area (Å²) in [6.45, 7) is 2.64. The third-order valence-corrected chi connectivity index (χ3v) is 5.81. The van der Waals surface area contributed by atoms with Crippen molar-refractivity contribution < 1.29 is 17.9 Å². The molecule has 1 aliphatic heterocycles. The number of benzene rings is 1. The summed E-state index contributed by atoms with van der Waals surface area (Å²) in [6.07, 6.45) is 0.903. The Kier molecular flexibility index (Phi) is 4.84. The van der Waals surface area contributed by atoms with E-state index in [4.69, 9.17) is 10.5 Å². The van der Waals surface area contributed by atoms with Gasteiger partial charge in [0, 0.05) is 24.6 Å². The van der Waals surface area contributed by atoms with Crippen LogP contribution in [0.2, 0.25) is 0 Å². The van der Waals surface area contributed by atoms with Crippen LogP contribution < -0.4 is 11.1 Å². The molecular formula is C14H20N2O4S. The highest BCUT2D eigenvalue weighted by Crippen LogP contribution is 2.21. The predicted octanol–water partition coefficient (Wildman–Crippen LogP) is 1.11. The summed E-state index contributed by atoms with van der Waals surface area (Å²) in [6, 6.07) is 5.14. The fourth-order valence-corrected chi connectivity index (χ4v) is 3.89. The first-order valence-electron chi connectivity index (χ1n) is 6.84. The second kappa shape index (κ2) is 6.44. The molecule has 0 aliphatic carbocycles. The van der Waals surface area contributed by atoms with Gasteiger partial charge in [0.25, 0.3) is 0 Å². The predicted molar refractivity (Wildman–Crippen MR) is 81.8 cm³/mol. The maximum absolute atomic E-state index is 12.2. The number of amides is 1. The van der Waals surface area contributed by atoms with E-state index in [1.807, 2.05) is 0 Å². The standard InChI is InChI=1S/C14H20N2O4S/c1-10-12(15)3-2-4-13(10)16-14(17)9-21(18,19)11-5-7-20-8-6-11/h2-4,11H,5-9,15H2,1H3,(H,16,17). The van der Waals surface area contributed by atoms with Gasteiger partial charge in [-0.1, -0.05) is 6.07 Å². The molecule has 21 heavy (non-hydrogen) atoms. The van der Waals surface area contributed by atoms with Crippen molar-refractivity contribution >= 4 is 27.1 Å². The number of rotatable bonds is 4. The molecule has 0 atom stereocenters. The van der Waals surface area contributed by atoms with Crippen LogP contribution in [0.4, 0.5) is 11.4 Å². The molecule has 1 saturated heterocycles. The smallest absolute Gasteiger partial charge is 0.239 e. The molecule has 1 heterocycles. The second-order valence-electron chi connectivity index (χ2n) is 5.19. The molecule has 0 bridgehead atoms. The molecule has 0 aromatic heterocycles. The summed E-state index contributed by atoms with van der Waals surface area (Å²) in [5.74, 6) is -1.04. The number of hydrogen-bond donors (Lipinski definition) is 2. The zero-order valence-corrected chi connectivity index (χ0v) is 12.8. The van der Waals surface area contributed by atoms with Crippen LogP contribution in [0.3, 0.4) is 0 Å². The van der Waals surface area contributed by atoms with E-state index >= 15 is 0 Å². The van der Waals surface area contributed by atoms with E-state index in [9.17, 15) is 13.2 Å². The molecule has 0 spiro atoms. The van der Waals surface area contributed by atoms with E-state index in [-0.39, 0.29) is 0 Å². The fourth-order valence-electron chi connectivity index (χ4n) is 2.31. The summed E-state index contributed by atoms with van der Waals surface area (Å²) in [5, 5.41) is 2.13. The molecule has 0 unspecified atom stereocenters. The van der Waals surface area contributed by atoms with Crippen LogP contribution in [-0.4, -0.2) is 38.5 Å². The first-order chi connectivity index (χ1) is 9.90. The lowest BCUT2D eigenvalue weighted by Gasteiger charge is -2.22. The molecule has 1 aromatic rings. The third-order valence-electron chi connectivity index (χ3n) is 3.66. The van der Waals surface area contributed by atoms with Gasteiger partial charge in [-0.2, -0.15) is 0 Å². The van der Waals surface area contributed by atoms with E-state index < -0.39 is 26.7 Å². The van der Waals surface area contributed by atoms with Crippen molar-refractivity contribution in [3.8, 4) is 0 Å². The zero-order valence-electron chi connectivity index (χ0n) is 12.0. The SMILES string of the molecule is Cc1c(N)cccc1NC(=O)CS(=O)(=O)C1CCOCC1. The summed E-state index contributed by atoms with van der Waals surface area (Å²) < 4.78 is 29.5. The Morgan fingerprint density at radius 3 is 2.71 bits per heavy atom. The molecule has 6 nitrogen and oxygen atoms in total. The van der Waals surface area contributed by atoms with Crippen LogP contribution in [-0.2, 0) is 19.4 Å². The normalized spacial score (nSPS) is 16.6.